The van der Waals surface area contributed by atoms with E-state index in [1.807, 2.05) is 12.1 Å². The van der Waals surface area contributed by atoms with Gasteiger partial charge in [0.15, 0.2) is 0 Å². The van der Waals surface area contributed by atoms with Crippen LogP contribution in [0, 0.1) is 11.8 Å². The number of hydrogen-bond donors (Lipinski definition) is 0. The highest BCUT2D eigenvalue weighted by molar-refractivity contribution is 5.89. The third kappa shape index (κ3) is 4.17. The van der Waals surface area contributed by atoms with Crippen LogP contribution in [-0.2, 0) is 16.6 Å². The van der Waals surface area contributed by atoms with Gasteiger partial charge in [-0.25, -0.2) is 4.79 Å². The van der Waals surface area contributed by atoms with Gasteiger partial charge in [-0.2, -0.15) is 0 Å². The van der Waals surface area contributed by atoms with Crippen LogP contribution in [-0.4, -0.2) is 19.2 Å². The first-order chi connectivity index (χ1) is 12.9. The molecular weight excluding hydrogens is 336 g/mol. The molecule has 0 saturated heterocycles. The van der Waals surface area contributed by atoms with Gasteiger partial charge in [0.05, 0.1) is 18.8 Å². The van der Waals surface area contributed by atoms with Crippen LogP contribution in [0.15, 0.2) is 36.4 Å². The SMILES string of the molecule is CCOC(=O)c1ccc(C#Cc2cc3c(cc2CC)OCCC3(C)C)cc1. The quantitative estimate of drug-likeness (QED) is 0.576. The molecule has 0 unspecified atom stereocenters. The molecule has 0 bridgehead atoms. The summed E-state index contributed by atoms with van der Waals surface area (Å²) < 4.78 is 10.9. The topological polar surface area (TPSA) is 35.5 Å². The molecule has 0 aliphatic carbocycles. The fourth-order valence-corrected chi connectivity index (χ4v) is 3.27. The smallest absolute Gasteiger partial charge is 0.338 e. The largest absolute Gasteiger partial charge is 0.493 e. The Balaban J connectivity index is 1.91. The predicted molar refractivity (Wildman–Crippen MR) is 107 cm³/mol. The van der Waals surface area contributed by atoms with E-state index in [2.05, 4.69) is 44.7 Å². The number of esters is 1. The summed E-state index contributed by atoms with van der Waals surface area (Å²) in [5, 5.41) is 0. The molecule has 0 saturated carbocycles. The van der Waals surface area contributed by atoms with Crippen LogP contribution in [0.3, 0.4) is 0 Å². The van der Waals surface area contributed by atoms with E-state index in [0.29, 0.717) is 12.2 Å². The fraction of sp³-hybridized carbons (Fsp3) is 0.375. The average molecular weight is 362 g/mol. The van der Waals surface area contributed by atoms with Crippen molar-refractivity contribution in [3.8, 4) is 17.6 Å². The second-order valence-corrected chi connectivity index (χ2v) is 7.39. The molecule has 0 N–H and O–H groups in total. The summed E-state index contributed by atoms with van der Waals surface area (Å²) >= 11 is 0. The summed E-state index contributed by atoms with van der Waals surface area (Å²) in [7, 11) is 0. The van der Waals surface area contributed by atoms with Gasteiger partial charge in [-0.05, 0) is 67.1 Å². The zero-order valence-electron chi connectivity index (χ0n) is 16.5. The van der Waals surface area contributed by atoms with Crippen LogP contribution in [0.5, 0.6) is 5.75 Å². The summed E-state index contributed by atoms with van der Waals surface area (Å²) in [6.45, 7) is 9.58. The van der Waals surface area contributed by atoms with Crippen molar-refractivity contribution >= 4 is 5.97 Å². The number of carbonyl (C=O) groups excluding carboxylic acids is 1. The van der Waals surface area contributed by atoms with E-state index in [-0.39, 0.29) is 11.4 Å². The Morgan fingerprint density at radius 3 is 2.56 bits per heavy atom. The summed E-state index contributed by atoms with van der Waals surface area (Å²) in [4.78, 5) is 11.7. The number of rotatable bonds is 3. The molecule has 0 amide bonds. The van der Waals surface area contributed by atoms with Gasteiger partial charge >= 0.3 is 5.97 Å². The first-order valence-corrected chi connectivity index (χ1v) is 9.54. The van der Waals surface area contributed by atoms with Crippen LogP contribution in [0.25, 0.3) is 0 Å². The lowest BCUT2D eigenvalue weighted by Gasteiger charge is -2.33. The Kier molecular flexibility index (Phi) is 5.56. The van der Waals surface area contributed by atoms with Gasteiger partial charge in [0.2, 0.25) is 0 Å². The lowest BCUT2D eigenvalue weighted by molar-refractivity contribution is 0.0526. The van der Waals surface area contributed by atoms with Gasteiger partial charge in [0.25, 0.3) is 0 Å². The van der Waals surface area contributed by atoms with Crippen molar-refractivity contribution in [3.63, 3.8) is 0 Å². The van der Waals surface area contributed by atoms with Crippen LogP contribution < -0.4 is 4.74 Å². The van der Waals surface area contributed by atoms with E-state index in [1.54, 1.807) is 19.1 Å². The Morgan fingerprint density at radius 1 is 1.15 bits per heavy atom. The van der Waals surface area contributed by atoms with E-state index in [4.69, 9.17) is 9.47 Å². The molecule has 27 heavy (non-hydrogen) atoms. The average Bonchev–Trinajstić information content (AvgIpc) is 2.66. The minimum Gasteiger partial charge on any atom is -0.493 e. The molecule has 0 atom stereocenters. The molecule has 2 aromatic carbocycles. The fourth-order valence-electron chi connectivity index (χ4n) is 3.27. The Bertz CT molecular complexity index is 896. The molecule has 3 heteroatoms. The molecule has 0 aromatic heterocycles. The van der Waals surface area contributed by atoms with E-state index >= 15 is 0 Å². The maximum absolute atomic E-state index is 11.7. The summed E-state index contributed by atoms with van der Waals surface area (Å²) in [6.07, 6.45) is 1.91. The van der Waals surface area contributed by atoms with Crippen LogP contribution >= 0.6 is 0 Å². The molecule has 3 rings (SSSR count). The van der Waals surface area contributed by atoms with Gasteiger partial charge in [-0.1, -0.05) is 32.6 Å². The van der Waals surface area contributed by atoms with Gasteiger partial charge in [0.1, 0.15) is 5.75 Å². The third-order valence-corrected chi connectivity index (χ3v) is 5.04. The van der Waals surface area contributed by atoms with Crippen LogP contribution in [0.2, 0.25) is 0 Å². The van der Waals surface area contributed by atoms with Crippen molar-refractivity contribution in [2.75, 3.05) is 13.2 Å². The minimum atomic E-state index is -0.304. The monoisotopic (exact) mass is 362 g/mol. The molecule has 140 valence electrons. The van der Waals surface area contributed by atoms with Gasteiger partial charge in [-0.15, -0.1) is 0 Å². The van der Waals surface area contributed by atoms with Crippen molar-refractivity contribution in [2.45, 2.75) is 46.0 Å². The van der Waals surface area contributed by atoms with Crippen molar-refractivity contribution in [1.82, 2.24) is 0 Å². The Labute approximate surface area is 161 Å². The summed E-state index contributed by atoms with van der Waals surface area (Å²) in [5.41, 5.74) is 4.99. The molecule has 0 fully saturated rings. The molecule has 2 aromatic rings. The van der Waals surface area contributed by atoms with E-state index in [9.17, 15) is 4.79 Å². The molecule has 1 heterocycles. The molecular formula is C24H26O3. The predicted octanol–water partition coefficient (Wildman–Crippen LogP) is 4.89. The Morgan fingerprint density at radius 2 is 1.89 bits per heavy atom. The van der Waals surface area contributed by atoms with Crippen LogP contribution in [0.1, 0.15) is 66.7 Å². The normalized spacial score (nSPS) is 14.4. The van der Waals surface area contributed by atoms with Gasteiger partial charge in [-0.3, -0.25) is 0 Å². The number of fused-ring (bicyclic) bond motifs is 1. The molecule has 1 aliphatic heterocycles. The maximum Gasteiger partial charge on any atom is 0.338 e. The van der Waals surface area contributed by atoms with E-state index in [1.165, 1.54) is 11.1 Å². The number of ether oxygens (including phenoxy) is 2. The first kappa shape index (κ1) is 19.0. The highest BCUT2D eigenvalue weighted by Crippen LogP contribution is 2.39. The highest BCUT2D eigenvalue weighted by Gasteiger charge is 2.29. The van der Waals surface area contributed by atoms with Crippen molar-refractivity contribution in [1.29, 1.82) is 0 Å². The van der Waals surface area contributed by atoms with Crippen LogP contribution in [0.4, 0.5) is 0 Å². The molecule has 0 radical (unpaired) electrons. The molecule has 3 nitrogen and oxygen atoms in total. The van der Waals surface area contributed by atoms with Crippen molar-refractivity contribution < 1.29 is 14.3 Å². The number of aryl methyl sites for hydroxylation is 1. The van der Waals surface area contributed by atoms with Gasteiger partial charge in [0, 0.05) is 16.7 Å². The lowest BCUT2D eigenvalue weighted by Crippen LogP contribution is -2.27. The molecule has 0 spiro atoms. The zero-order chi connectivity index (χ0) is 19.4. The van der Waals surface area contributed by atoms with Crippen molar-refractivity contribution in [3.05, 3.63) is 64.2 Å². The minimum absolute atomic E-state index is 0.0948. The first-order valence-electron chi connectivity index (χ1n) is 9.54. The molecule has 1 aliphatic rings. The third-order valence-electron chi connectivity index (χ3n) is 5.04. The van der Waals surface area contributed by atoms with Gasteiger partial charge < -0.3 is 9.47 Å². The van der Waals surface area contributed by atoms with E-state index in [0.717, 1.165) is 36.3 Å². The maximum atomic E-state index is 11.7. The number of benzene rings is 2. The van der Waals surface area contributed by atoms with Crippen molar-refractivity contribution in [2.24, 2.45) is 0 Å². The second kappa shape index (κ2) is 7.88. The van der Waals surface area contributed by atoms with E-state index < -0.39 is 0 Å². The zero-order valence-corrected chi connectivity index (χ0v) is 16.5. The standard InChI is InChI=1S/C24H26O3/c1-5-18-16-22-21(24(3,4)13-14-27-22)15-20(18)12-9-17-7-10-19(11-8-17)23(25)26-6-2/h7-8,10-11,15-16H,5-6,13-14H2,1-4H3. The number of carbonyl (C=O) groups is 1. The summed E-state index contributed by atoms with van der Waals surface area (Å²) in [6, 6.07) is 11.6. The Hall–Kier alpha value is -2.73. The highest BCUT2D eigenvalue weighted by atomic mass is 16.5. The lowest BCUT2D eigenvalue weighted by atomic mass is 9.78. The number of hydrogen-bond acceptors (Lipinski definition) is 3. The summed E-state index contributed by atoms with van der Waals surface area (Å²) in [5.74, 6) is 7.23. The second-order valence-electron chi connectivity index (χ2n) is 7.39.